The molecule has 0 unspecified atom stereocenters. The van der Waals surface area contributed by atoms with Gasteiger partial charge >= 0.3 is 0 Å². The predicted octanol–water partition coefficient (Wildman–Crippen LogP) is 19.1. The summed E-state index contributed by atoms with van der Waals surface area (Å²) in [6, 6.07) is 92.3. The van der Waals surface area contributed by atoms with E-state index in [1.165, 1.54) is 0 Å². The van der Waals surface area contributed by atoms with E-state index in [0.717, 1.165) is 86.4 Å². The molecule has 8 nitrogen and oxygen atoms in total. The van der Waals surface area contributed by atoms with Gasteiger partial charge in [0.05, 0.1) is 30.3 Å². The van der Waals surface area contributed by atoms with E-state index in [2.05, 4.69) is 28.2 Å². The van der Waals surface area contributed by atoms with Gasteiger partial charge in [-0.3, -0.25) is 38.7 Å². The largest absolute Gasteiger partial charge is 0.294 e. The molecular formula is C81H56EuN2O6. The monoisotopic (exact) mass is 1310 g/mol. The Balaban J connectivity index is 0.000000125. The minimum absolute atomic E-state index is 0. The number of Topliss-reactive ketones (excluding diaryl/α,β-unsaturated/α-hetero) is 6. The first-order valence-electron chi connectivity index (χ1n) is 29.3. The first-order chi connectivity index (χ1) is 43.7. The number of pyridine rings is 2. The number of hydrogen-bond donors (Lipinski definition) is 0. The van der Waals surface area contributed by atoms with Crippen LogP contribution in [0.4, 0.5) is 0 Å². The number of ketones is 6. The fourth-order valence-corrected chi connectivity index (χ4v) is 11.5. The molecular weight excluding hydrogens is 1250 g/mol. The Morgan fingerprint density at radius 1 is 0.211 bits per heavy atom. The van der Waals surface area contributed by atoms with E-state index >= 15 is 0 Å². The van der Waals surface area contributed by atoms with E-state index < -0.39 is 0 Å². The summed E-state index contributed by atoms with van der Waals surface area (Å²) in [5, 5.41) is 13.6. The summed E-state index contributed by atoms with van der Waals surface area (Å²) >= 11 is 0. The Labute approximate surface area is 560 Å². The maximum atomic E-state index is 12.8. The molecule has 0 aliphatic heterocycles. The van der Waals surface area contributed by atoms with Crippen LogP contribution in [0.2, 0.25) is 0 Å². The first-order valence-corrected chi connectivity index (χ1v) is 29.3. The van der Waals surface area contributed by atoms with Crippen LogP contribution in [0, 0.1) is 49.4 Å². The number of fused-ring (bicyclic) bond motifs is 9. The SMILES string of the molecule is O=C(CC(=O)c1cccc2ccccc12)c1cccc2ccccc12.O=C(CC(=O)c1cccc2ccccc12)c1cccc2ccccc12.O=C(CC(=O)c1cccc2ccccc12)c1cccc2ccccc12.[Eu].c1cnc2c(c1)ccc1ncccc12. The Kier molecular flexibility index (Phi) is 19.7. The average molecular weight is 1310 g/mol. The molecule has 0 atom stereocenters. The fourth-order valence-electron chi connectivity index (χ4n) is 11.5. The molecule has 1 radical (unpaired) electrons. The second-order valence-corrected chi connectivity index (χ2v) is 21.4. The van der Waals surface area contributed by atoms with E-state index in [-0.39, 0.29) is 103 Å². The molecule has 2 aromatic heterocycles. The molecule has 0 aliphatic carbocycles. The molecule has 0 amide bonds. The Hall–Kier alpha value is -10.2. The molecule has 0 saturated heterocycles. The summed E-state index contributed by atoms with van der Waals surface area (Å²) in [4.78, 5) is 85.2. The van der Waals surface area contributed by atoms with Crippen molar-refractivity contribution in [3.63, 3.8) is 0 Å². The van der Waals surface area contributed by atoms with Crippen molar-refractivity contribution >= 4 is 121 Å². The first kappa shape index (κ1) is 61.5. The van der Waals surface area contributed by atoms with Crippen LogP contribution >= 0.6 is 0 Å². The van der Waals surface area contributed by atoms with E-state index in [1.54, 1.807) is 42.6 Å². The predicted molar refractivity (Wildman–Crippen MR) is 361 cm³/mol. The van der Waals surface area contributed by atoms with E-state index in [9.17, 15) is 28.8 Å². The second-order valence-electron chi connectivity index (χ2n) is 21.4. The standard InChI is InChI=1S/3C23H16O2.C12H8N2.Eu/c3*24-22(20-13-5-9-16-7-1-3-11-18(16)20)15-23(25)21-14-6-10-17-8-2-4-12-19(17)21;1-3-9-5-6-11-10(4-2-7-13-11)12(9)14-8-1;/h3*1-14H,15H2;1-8H;. The number of nitrogens with zero attached hydrogens (tertiary/aromatic N) is 2. The summed E-state index contributed by atoms with van der Waals surface area (Å²) in [7, 11) is 0. The van der Waals surface area contributed by atoms with Gasteiger partial charge in [0.2, 0.25) is 0 Å². The van der Waals surface area contributed by atoms with Gasteiger partial charge in [-0.2, -0.15) is 0 Å². The van der Waals surface area contributed by atoms with Gasteiger partial charge in [-0.15, -0.1) is 0 Å². The molecule has 90 heavy (non-hydrogen) atoms. The Bertz CT molecular complexity index is 4450. The van der Waals surface area contributed by atoms with E-state index in [0.29, 0.717) is 33.4 Å². The zero-order valence-corrected chi connectivity index (χ0v) is 51.1. The number of aromatic nitrogens is 2. The van der Waals surface area contributed by atoms with Crippen molar-refractivity contribution < 1.29 is 78.1 Å². The van der Waals surface area contributed by atoms with Gasteiger partial charge in [-0.1, -0.05) is 267 Å². The normalized spacial score (nSPS) is 10.8. The summed E-state index contributed by atoms with van der Waals surface area (Å²) in [6.45, 7) is 0. The Morgan fingerprint density at radius 3 is 0.722 bits per heavy atom. The summed E-state index contributed by atoms with van der Waals surface area (Å²) in [6.07, 6.45) is 3.25. The van der Waals surface area contributed by atoms with Gasteiger partial charge in [0, 0.05) is 106 Å². The van der Waals surface area contributed by atoms with Gasteiger partial charge < -0.3 is 0 Å². The zero-order valence-electron chi connectivity index (χ0n) is 48.7. The Morgan fingerprint density at radius 2 is 0.433 bits per heavy atom. The topological polar surface area (TPSA) is 128 Å². The van der Waals surface area contributed by atoms with Crippen LogP contribution in [0.25, 0.3) is 86.4 Å². The quantitative estimate of drug-likeness (QED) is 0.0672. The van der Waals surface area contributed by atoms with Crippen LogP contribution in [-0.4, -0.2) is 44.7 Å². The van der Waals surface area contributed by atoms with Gasteiger partial charge in [0.1, 0.15) is 0 Å². The van der Waals surface area contributed by atoms with Crippen LogP contribution < -0.4 is 0 Å². The number of benzene rings is 13. The van der Waals surface area contributed by atoms with Crippen molar-refractivity contribution in [2.24, 2.45) is 0 Å². The van der Waals surface area contributed by atoms with Gasteiger partial charge in [-0.25, -0.2) is 0 Å². The second kappa shape index (κ2) is 28.8. The molecule has 0 saturated carbocycles. The van der Waals surface area contributed by atoms with Crippen LogP contribution in [0.5, 0.6) is 0 Å². The molecule has 0 spiro atoms. The molecule has 13 aromatic carbocycles. The summed E-state index contributed by atoms with van der Waals surface area (Å²) < 4.78 is 0. The maximum Gasteiger partial charge on any atom is 0.171 e. The molecule has 2 heterocycles. The van der Waals surface area contributed by atoms with Crippen molar-refractivity contribution in [2.75, 3.05) is 0 Å². The number of rotatable bonds is 12. The van der Waals surface area contributed by atoms with E-state index in [1.807, 2.05) is 243 Å². The molecule has 0 N–H and O–H groups in total. The van der Waals surface area contributed by atoms with Crippen molar-refractivity contribution in [3.05, 3.63) is 337 Å². The summed E-state index contributed by atoms with van der Waals surface area (Å²) in [5.41, 5.74) is 5.65. The van der Waals surface area contributed by atoms with Crippen molar-refractivity contribution in [3.8, 4) is 0 Å². The van der Waals surface area contributed by atoms with Gasteiger partial charge in [-0.05, 0) is 88.9 Å². The fraction of sp³-hybridized carbons (Fsp3) is 0.0370. The number of carbonyl (C=O) groups excluding carboxylic acids is 6. The molecule has 0 aliphatic rings. The maximum absolute atomic E-state index is 12.8. The third-order valence-electron chi connectivity index (χ3n) is 15.9. The summed E-state index contributed by atoms with van der Waals surface area (Å²) in [5.74, 6) is -0.863. The zero-order chi connectivity index (χ0) is 61.1. The van der Waals surface area contributed by atoms with Gasteiger partial charge in [0.15, 0.2) is 34.7 Å². The van der Waals surface area contributed by atoms with Crippen LogP contribution in [0.1, 0.15) is 81.4 Å². The smallest absolute Gasteiger partial charge is 0.171 e. The van der Waals surface area contributed by atoms with Crippen molar-refractivity contribution in [1.82, 2.24) is 9.97 Å². The van der Waals surface area contributed by atoms with Crippen LogP contribution in [-0.2, 0) is 0 Å². The van der Waals surface area contributed by atoms with Crippen molar-refractivity contribution in [2.45, 2.75) is 19.3 Å². The molecule has 0 fully saturated rings. The van der Waals surface area contributed by atoms with E-state index in [4.69, 9.17) is 0 Å². The molecule has 15 rings (SSSR count). The third kappa shape index (κ3) is 13.7. The van der Waals surface area contributed by atoms with Gasteiger partial charge in [0.25, 0.3) is 0 Å². The molecule has 0 bridgehead atoms. The minimum Gasteiger partial charge on any atom is -0.294 e. The number of hydrogen-bond acceptors (Lipinski definition) is 8. The minimum atomic E-state index is -0.144. The third-order valence-corrected chi connectivity index (χ3v) is 15.9. The average Bonchev–Trinajstić information content (AvgIpc) is 1.51. The molecule has 15 aromatic rings. The van der Waals surface area contributed by atoms with Crippen LogP contribution in [0.15, 0.2) is 304 Å². The molecule has 9 heteroatoms. The number of carbonyl (C=O) groups is 6. The van der Waals surface area contributed by atoms with Crippen molar-refractivity contribution in [1.29, 1.82) is 0 Å². The van der Waals surface area contributed by atoms with Crippen LogP contribution in [0.3, 0.4) is 0 Å². The molecule has 433 valence electrons.